The average Bonchev–Trinajstić information content (AvgIpc) is 2.57. The first kappa shape index (κ1) is 19.0. The SMILES string of the molecule is CCOC(=O)c1cccc(NC(=O)C=C(C)c2ccc(Cl)c(Cl)c2)c1. The lowest BCUT2D eigenvalue weighted by Crippen LogP contribution is -2.10. The summed E-state index contributed by atoms with van der Waals surface area (Å²) in [4.78, 5) is 23.9. The van der Waals surface area contributed by atoms with E-state index in [2.05, 4.69) is 5.32 Å². The highest BCUT2D eigenvalue weighted by atomic mass is 35.5. The molecule has 0 aliphatic heterocycles. The Morgan fingerprint density at radius 1 is 1.08 bits per heavy atom. The van der Waals surface area contributed by atoms with Crippen molar-refractivity contribution in [2.45, 2.75) is 13.8 Å². The molecular weight excluding hydrogens is 361 g/mol. The standard InChI is InChI=1S/C19H17Cl2NO3/c1-3-25-19(24)14-5-4-6-15(10-14)22-18(23)9-12(2)13-7-8-16(20)17(21)11-13/h4-11H,3H2,1-2H3,(H,22,23). The molecule has 0 atom stereocenters. The summed E-state index contributed by atoms with van der Waals surface area (Å²) in [5.74, 6) is -0.745. The van der Waals surface area contributed by atoms with Crippen molar-refractivity contribution in [3.05, 3.63) is 69.7 Å². The van der Waals surface area contributed by atoms with E-state index in [1.807, 2.05) is 0 Å². The van der Waals surface area contributed by atoms with Crippen molar-refractivity contribution in [3.8, 4) is 0 Å². The maximum atomic E-state index is 12.2. The van der Waals surface area contributed by atoms with Crippen molar-refractivity contribution in [3.63, 3.8) is 0 Å². The lowest BCUT2D eigenvalue weighted by molar-refractivity contribution is -0.111. The van der Waals surface area contributed by atoms with Gasteiger partial charge in [-0.3, -0.25) is 4.79 Å². The zero-order valence-electron chi connectivity index (χ0n) is 13.8. The smallest absolute Gasteiger partial charge is 0.338 e. The number of allylic oxidation sites excluding steroid dienone is 1. The van der Waals surface area contributed by atoms with Gasteiger partial charge < -0.3 is 10.1 Å². The van der Waals surface area contributed by atoms with E-state index in [4.69, 9.17) is 27.9 Å². The molecule has 4 nitrogen and oxygen atoms in total. The number of halogens is 2. The highest BCUT2D eigenvalue weighted by Crippen LogP contribution is 2.26. The summed E-state index contributed by atoms with van der Waals surface area (Å²) in [6.07, 6.45) is 1.45. The fraction of sp³-hybridized carbons (Fsp3) is 0.158. The van der Waals surface area contributed by atoms with Crippen LogP contribution in [0.25, 0.3) is 5.57 Å². The fourth-order valence-electron chi connectivity index (χ4n) is 2.14. The summed E-state index contributed by atoms with van der Waals surface area (Å²) in [6, 6.07) is 11.7. The summed E-state index contributed by atoms with van der Waals surface area (Å²) in [5.41, 5.74) is 2.42. The van der Waals surface area contributed by atoms with E-state index in [0.717, 1.165) is 11.1 Å². The molecule has 25 heavy (non-hydrogen) atoms. The van der Waals surface area contributed by atoms with Crippen molar-refractivity contribution in [1.29, 1.82) is 0 Å². The van der Waals surface area contributed by atoms with Crippen LogP contribution in [0.3, 0.4) is 0 Å². The van der Waals surface area contributed by atoms with Crippen molar-refractivity contribution in [2.24, 2.45) is 0 Å². The average molecular weight is 378 g/mol. The van der Waals surface area contributed by atoms with Crippen LogP contribution in [0.2, 0.25) is 10.0 Å². The summed E-state index contributed by atoms with van der Waals surface area (Å²) >= 11 is 11.9. The van der Waals surface area contributed by atoms with Crippen molar-refractivity contribution in [2.75, 3.05) is 11.9 Å². The maximum absolute atomic E-state index is 12.2. The quantitative estimate of drug-likeness (QED) is 0.574. The molecule has 0 heterocycles. The summed E-state index contributed by atoms with van der Waals surface area (Å²) in [7, 11) is 0. The van der Waals surface area contributed by atoms with E-state index >= 15 is 0 Å². The third-order valence-corrected chi connectivity index (χ3v) is 4.10. The third-order valence-electron chi connectivity index (χ3n) is 3.36. The minimum Gasteiger partial charge on any atom is -0.462 e. The predicted molar refractivity (Wildman–Crippen MR) is 101 cm³/mol. The molecule has 2 aromatic rings. The van der Waals surface area contributed by atoms with E-state index in [9.17, 15) is 9.59 Å². The van der Waals surface area contributed by atoms with Crippen LogP contribution in [0.1, 0.15) is 29.8 Å². The van der Waals surface area contributed by atoms with Crippen molar-refractivity contribution in [1.82, 2.24) is 0 Å². The summed E-state index contributed by atoms with van der Waals surface area (Å²) < 4.78 is 4.94. The van der Waals surface area contributed by atoms with Gasteiger partial charge in [0.05, 0.1) is 22.2 Å². The van der Waals surface area contributed by atoms with Crippen LogP contribution in [0.4, 0.5) is 5.69 Å². The second-order valence-corrected chi connectivity index (χ2v) is 6.06. The van der Waals surface area contributed by atoms with Crippen LogP contribution in [-0.4, -0.2) is 18.5 Å². The first-order valence-corrected chi connectivity index (χ1v) is 8.38. The Labute approximate surface area is 156 Å². The number of amides is 1. The molecule has 0 saturated carbocycles. The molecular formula is C19H17Cl2NO3. The molecule has 1 N–H and O–H groups in total. The topological polar surface area (TPSA) is 55.4 Å². The van der Waals surface area contributed by atoms with Gasteiger partial charge in [0.1, 0.15) is 0 Å². The lowest BCUT2D eigenvalue weighted by atomic mass is 10.1. The Morgan fingerprint density at radius 2 is 1.84 bits per heavy atom. The van der Waals surface area contributed by atoms with E-state index < -0.39 is 5.97 Å². The van der Waals surface area contributed by atoms with Gasteiger partial charge in [-0.25, -0.2) is 4.79 Å². The minimum absolute atomic E-state index is 0.293. The molecule has 0 aromatic heterocycles. The number of esters is 1. The van der Waals surface area contributed by atoms with Crippen molar-refractivity contribution < 1.29 is 14.3 Å². The normalized spacial score (nSPS) is 11.1. The van der Waals surface area contributed by atoms with E-state index in [0.29, 0.717) is 27.9 Å². The second-order valence-electron chi connectivity index (χ2n) is 5.25. The van der Waals surface area contributed by atoms with Gasteiger partial charge in [0.2, 0.25) is 5.91 Å². The Bertz CT molecular complexity index is 831. The molecule has 0 aliphatic rings. The van der Waals surface area contributed by atoms with Gasteiger partial charge in [-0.2, -0.15) is 0 Å². The van der Waals surface area contributed by atoms with Crippen LogP contribution in [0, 0.1) is 0 Å². The van der Waals surface area contributed by atoms with Gasteiger partial charge in [-0.05, 0) is 55.3 Å². The third kappa shape index (κ3) is 5.34. The first-order chi connectivity index (χ1) is 11.9. The molecule has 0 bridgehead atoms. The van der Waals surface area contributed by atoms with Gasteiger partial charge in [0, 0.05) is 11.8 Å². The lowest BCUT2D eigenvalue weighted by Gasteiger charge is -2.07. The number of benzene rings is 2. The zero-order valence-corrected chi connectivity index (χ0v) is 15.3. The van der Waals surface area contributed by atoms with Crippen LogP contribution in [-0.2, 0) is 9.53 Å². The van der Waals surface area contributed by atoms with Gasteiger partial charge >= 0.3 is 5.97 Å². The molecule has 2 aromatic carbocycles. The molecule has 0 spiro atoms. The molecule has 6 heteroatoms. The van der Waals surface area contributed by atoms with Crippen LogP contribution in [0.5, 0.6) is 0 Å². The van der Waals surface area contributed by atoms with E-state index in [-0.39, 0.29) is 5.91 Å². The molecule has 0 radical (unpaired) electrons. The molecule has 0 saturated heterocycles. The maximum Gasteiger partial charge on any atom is 0.338 e. The number of nitrogens with one attached hydrogen (secondary N) is 1. The number of carbonyl (C=O) groups is 2. The number of hydrogen-bond acceptors (Lipinski definition) is 3. The van der Waals surface area contributed by atoms with E-state index in [1.165, 1.54) is 6.08 Å². The van der Waals surface area contributed by atoms with Crippen LogP contribution in [0.15, 0.2) is 48.5 Å². The predicted octanol–water partition coefficient (Wildman–Crippen LogP) is 5.21. The Balaban J connectivity index is 2.12. The second kappa shape index (κ2) is 8.70. The first-order valence-electron chi connectivity index (χ1n) is 7.62. The largest absolute Gasteiger partial charge is 0.462 e. The molecule has 0 unspecified atom stereocenters. The molecule has 130 valence electrons. The van der Waals surface area contributed by atoms with Crippen LogP contribution >= 0.6 is 23.2 Å². The number of hydrogen-bond donors (Lipinski definition) is 1. The highest BCUT2D eigenvalue weighted by Gasteiger charge is 2.08. The van der Waals surface area contributed by atoms with Crippen LogP contribution < -0.4 is 5.32 Å². The number of anilines is 1. The monoisotopic (exact) mass is 377 g/mol. The summed E-state index contributed by atoms with van der Waals surface area (Å²) in [5, 5.41) is 3.61. The van der Waals surface area contributed by atoms with Gasteiger partial charge in [0.15, 0.2) is 0 Å². The van der Waals surface area contributed by atoms with E-state index in [1.54, 1.807) is 56.3 Å². The molecule has 2 rings (SSSR count). The van der Waals surface area contributed by atoms with Gasteiger partial charge in [0.25, 0.3) is 0 Å². The summed E-state index contributed by atoms with van der Waals surface area (Å²) in [6.45, 7) is 3.83. The minimum atomic E-state index is -0.430. The molecule has 0 aliphatic carbocycles. The fourth-order valence-corrected chi connectivity index (χ4v) is 2.44. The highest BCUT2D eigenvalue weighted by molar-refractivity contribution is 6.42. The number of carbonyl (C=O) groups excluding carboxylic acids is 2. The molecule has 0 fully saturated rings. The Morgan fingerprint density at radius 3 is 2.52 bits per heavy atom. The number of rotatable bonds is 5. The Kier molecular flexibility index (Phi) is 6.62. The number of ether oxygens (including phenoxy) is 1. The molecule has 1 amide bonds. The van der Waals surface area contributed by atoms with Gasteiger partial charge in [-0.15, -0.1) is 0 Å². The van der Waals surface area contributed by atoms with Gasteiger partial charge in [-0.1, -0.05) is 35.3 Å². The zero-order chi connectivity index (χ0) is 18.4. The van der Waals surface area contributed by atoms with Crippen molar-refractivity contribution >= 4 is 46.3 Å². The Hall–Kier alpha value is -2.30.